The molecule has 98 valence electrons. The van der Waals surface area contributed by atoms with Crippen molar-refractivity contribution >= 4 is 34.8 Å². The minimum atomic E-state index is -0.0905. The van der Waals surface area contributed by atoms with Crippen LogP contribution >= 0.6 is 22.7 Å². The number of aryl methyl sites for hydroxylation is 1. The number of nitrogens with one attached hydrogen (secondary N) is 1. The van der Waals surface area contributed by atoms with E-state index in [4.69, 9.17) is 0 Å². The van der Waals surface area contributed by atoms with E-state index < -0.39 is 0 Å². The van der Waals surface area contributed by atoms with Gasteiger partial charge in [-0.15, -0.1) is 22.7 Å². The minimum absolute atomic E-state index is 0.0905. The van der Waals surface area contributed by atoms with Crippen molar-refractivity contribution in [2.45, 2.75) is 25.7 Å². The van der Waals surface area contributed by atoms with Crippen molar-refractivity contribution < 1.29 is 4.79 Å². The summed E-state index contributed by atoms with van der Waals surface area (Å²) in [6.07, 6.45) is 6.25. The second-order valence-corrected chi connectivity index (χ2v) is 6.42. The van der Waals surface area contributed by atoms with E-state index in [0.717, 1.165) is 23.3 Å². The van der Waals surface area contributed by atoms with Crippen LogP contribution in [0.2, 0.25) is 0 Å². The summed E-state index contributed by atoms with van der Waals surface area (Å²) in [6, 6.07) is 3.93. The molecule has 0 aromatic carbocycles. The molecule has 5 heteroatoms. The third kappa shape index (κ3) is 2.77. The van der Waals surface area contributed by atoms with E-state index in [1.54, 1.807) is 28.9 Å². The first-order valence-electron chi connectivity index (χ1n) is 6.31. The van der Waals surface area contributed by atoms with Gasteiger partial charge in [0.15, 0.2) is 0 Å². The van der Waals surface area contributed by atoms with Crippen LogP contribution in [0.3, 0.4) is 0 Å². The lowest BCUT2D eigenvalue weighted by molar-refractivity contribution is 0.0954. The first-order chi connectivity index (χ1) is 9.34. The van der Waals surface area contributed by atoms with E-state index in [1.807, 2.05) is 22.9 Å². The number of carbonyl (C=O) groups is 1. The third-order valence-electron chi connectivity index (χ3n) is 3.21. The quantitative estimate of drug-likeness (QED) is 0.682. The Morgan fingerprint density at radius 1 is 1.32 bits per heavy atom. The highest BCUT2D eigenvalue weighted by molar-refractivity contribution is 7.11. The molecule has 0 bridgehead atoms. The molecule has 1 N–H and O–H groups in total. The standard InChI is InChI=1S/C14H14N2OS2/c17-14(16-15-8-10-4-3-7-18-10)12-9-19-13-6-2-1-5-11(12)13/h3-4,7-9H,1-2,5-6H2,(H,16,17). The van der Waals surface area contributed by atoms with Gasteiger partial charge in [0, 0.05) is 15.1 Å². The van der Waals surface area contributed by atoms with Gasteiger partial charge in [0.05, 0.1) is 11.8 Å². The van der Waals surface area contributed by atoms with Gasteiger partial charge in [0.2, 0.25) is 0 Å². The van der Waals surface area contributed by atoms with Crippen LogP contribution in [0.5, 0.6) is 0 Å². The Morgan fingerprint density at radius 3 is 3.05 bits per heavy atom. The van der Waals surface area contributed by atoms with Crippen molar-refractivity contribution in [3.63, 3.8) is 0 Å². The summed E-state index contributed by atoms with van der Waals surface area (Å²) in [5.74, 6) is -0.0905. The topological polar surface area (TPSA) is 41.5 Å². The van der Waals surface area contributed by atoms with E-state index in [9.17, 15) is 4.79 Å². The van der Waals surface area contributed by atoms with Crippen molar-refractivity contribution in [1.29, 1.82) is 0 Å². The molecule has 2 aromatic rings. The van der Waals surface area contributed by atoms with E-state index in [0.29, 0.717) is 0 Å². The molecule has 0 unspecified atom stereocenters. The molecule has 0 saturated heterocycles. The van der Waals surface area contributed by atoms with E-state index in [-0.39, 0.29) is 5.91 Å². The molecule has 0 aliphatic heterocycles. The smallest absolute Gasteiger partial charge is 0.267 e. The molecule has 1 amide bonds. The molecular weight excluding hydrogens is 276 g/mol. The fourth-order valence-corrected chi connectivity index (χ4v) is 3.97. The average Bonchev–Trinajstić information content (AvgIpc) is 3.07. The lowest BCUT2D eigenvalue weighted by Gasteiger charge is -2.11. The number of carbonyl (C=O) groups excluding carboxylic acids is 1. The highest BCUT2D eigenvalue weighted by atomic mass is 32.1. The van der Waals surface area contributed by atoms with Gasteiger partial charge >= 0.3 is 0 Å². The molecule has 0 radical (unpaired) electrons. The lowest BCUT2D eigenvalue weighted by atomic mass is 9.96. The summed E-state index contributed by atoms with van der Waals surface area (Å²) in [5, 5.41) is 7.96. The van der Waals surface area contributed by atoms with E-state index in [1.165, 1.54) is 23.3 Å². The average molecular weight is 290 g/mol. The Hall–Kier alpha value is -1.46. The molecule has 2 heterocycles. The number of rotatable bonds is 3. The van der Waals surface area contributed by atoms with Crippen LogP contribution in [-0.4, -0.2) is 12.1 Å². The third-order valence-corrected chi connectivity index (χ3v) is 5.10. The second-order valence-electron chi connectivity index (χ2n) is 4.47. The minimum Gasteiger partial charge on any atom is -0.267 e. The molecule has 1 aliphatic carbocycles. The predicted octanol–water partition coefficient (Wildman–Crippen LogP) is 3.45. The maximum atomic E-state index is 12.1. The fourth-order valence-electron chi connectivity index (χ4n) is 2.26. The van der Waals surface area contributed by atoms with Gasteiger partial charge < -0.3 is 0 Å². The zero-order valence-electron chi connectivity index (χ0n) is 10.4. The Morgan fingerprint density at radius 2 is 2.21 bits per heavy atom. The van der Waals surface area contributed by atoms with Crippen LogP contribution in [0.4, 0.5) is 0 Å². The van der Waals surface area contributed by atoms with Gasteiger partial charge in [-0.3, -0.25) is 4.79 Å². The van der Waals surface area contributed by atoms with Gasteiger partial charge in [-0.25, -0.2) is 5.43 Å². The SMILES string of the molecule is O=C(NN=Cc1cccs1)c1csc2c1CCCC2. The highest BCUT2D eigenvalue weighted by Crippen LogP contribution is 2.30. The Balaban J connectivity index is 1.69. The van der Waals surface area contributed by atoms with Gasteiger partial charge in [-0.1, -0.05) is 6.07 Å². The van der Waals surface area contributed by atoms with Crippen molar-refractivity contribution in [2.24, 2.45) is 5.10 Å². The Bertz CT molecular complexity index is 599. The van der Waals surface area contributed by atoms with Gasteiger partial charge in [0.1, 0.15) is 0 Å². The number of thiophene rings is 2. The van der Waals surface area contributed by atoms with Crippen molar-refractivity contribution in [3.05, 3.63) is 43.8 Å². The number of amides is 1. The first-order valence-corrected chi connectivity index (χ1v) is 8.06. The van der Waals surface area contributed by atoms with Crippen LogP contribution < -0.4 is 5.43 Å². The summed E-state index contributed by atoms with van der Waals surface area (Å²) in [5.41, 5.74) is 4.66. The zero-order chi connectivity index (χ0) is 13.1. The molecule has 0 atom stereocenters. The number of fused-ring (bicyclic) bond motifs is 1. The van der Waals surface area contributed by atoms with Crippen LogP contribution in [0.15, 0.2) is 28.0 Å². The maximum Gasteiger partial charge on any atom is 0.272 e. The molecule has 0 saturated carbocycles. The molecule has 0 spiro atoms. The highest BCUT2D eigenvalue weighted by Gasteiger charge is 2.19. The number of hydrogen-bond acceptors (Lipinski definition) is 4. The molecule has 2 aromatic heterocycles. The number of hydrazone groups is 1. The Labute approximate surface area is 120 Å². The molecule has 3 nitrogen and oxygen atoms in total. The summed E-state index contributed by atoms with van der Waals surface area (Å²) in [7, 11) is 0. The molecule has 0 fully saturated rings. The molecule has 19 heavy (non-hydrogen) atoms. The number of hydrogen-bond donors (Lipinski definition) is 1. The normalized spacial score (nSPS) is 14.5. The first kappa shape index (κ1) is 12.6. The van der Waals surface area contributed by atoms with Crippen LogP contribution in [0.1, 0.15) is 38.5 Å². The van der Waals surface area contributed by atoms with E-state index in [2.05, 4.69) is 10.5 Å². The van der Waals surface area contributed by atoms with Crippen molar-refractivity contribution in [2.75, 3.05) is 0 Å². The van der Waals surface area contributed by atoms with Crippen LogP contribution in [0.25, 0.3) is 0 Å². The summed E-state index contributed by atoms with van der Waals surface area (Å²) in [6.45, 7) is 0. The van der Waals surface area contributed by atoms with Crippen molar-refractivity contribution in [3.8, 4) is 0 Å². The molecule has 1 aliphatic rings. The maximum absolute atomic E-state index is 12.1. The fraction of sp³-hybridized carbons (Fsp3) is 0.286. The van der Waals surface area contributed by atoms with Gasteiger partial charge in [-0.05, 0) is 42.7 Å². The number of nitrogens with zero attached hydrogens (tertiary/aromatic N) is 1. The summed E-state index contributed by atoms with van der Waals surface area (Å²) < 4.78 is 0. The lowest BCUT2D eigenvalue weighted by Crippen LogP contribution is -2.19. The van der Waals surface area contributed by atoms with Crippen LogP contribution in [-0.2, 0) is 12.8 Å². The van der Waals surface area contributed by atoms with Crippen LogP contribution in [0, 0.1) is 0 Å². The van der Waals surface area contributed by atoms with E-state index >= 15 is 0 Å². The van der Waals surface area contributed by atoms with Gasteiger partial charge in [-0.2, -0.15) is 5.10 Å². The van der Waals surface area contributed by atoms with Gasteiger partial charge in [0.25, 0.3) is 5.91 Å². The summed E-state index contributed by atoms with van der Waals surface area (Å²) >= 11 is 3.30. The largest absolute Gasteiger partial charge is 0.272 e. The monoisotopic (exact) mass is 290 g/mol. The second kappa shape index (κ2) is 5.67. The molecular formula is C14H14N2OS2. The summed E-state index contributed by atoms with van der Waals surface area (Å²) in [4.78, 5) is 14.5. The molecule has 3 rings (SSSR count). The predicted molar refractivity (Wildman–Crippen MR) is 80.3 cm³/mol. The zero-order valence-corrected chi connectivity index (χ0v) is 12.0. The van der Waals surface area contributed by atoms with Crippen molar-refractivity contribution in [1.82, 2.24) is 5.43 Å². The Kier molecular flexibility index (Phi) is 3.75.